The Kier molecular flexibility index (Phi) is 7.50. The van der Waals surface area contributed by atoms with Gasteiger partial charge in [-0.2, -0.15) is 0 Å². The maximum absolute atomic E-state index is 12.6. The number of hydrogen-bond acceptors (Lipinski definition) is 4. The third kappa shape index (κ3) is 5.52. The van der Waals surface area contributed by atoms with Crippen molar-refractivity contribution in [2.24, 2.45) is 5.92 Å². The first-order valence-corrected chi connectivity index (χ1v) is 9.46. The highest BCUT2D eigenvalue weighted by molar-refractivity contribution is 6.09. The van der Waals surface area contributed by atoms with Crippen LogP contribution in [0.25, 0.3) is 0 Å². The molecule has 1 N–H and O–H groups in total. The predicted molar refractivity (Wildman–Crippen MR) is 106 cm³/mol. The summed E-state index contributed by atoms with van der Waals surface area (Å²) >= 11 is 0. The van der Waals surface area contributed by atoms with Crippen LogP contribution < -0.4 is 0 Å². The second-order valence-corrected chi connectivity index (χ2v) is 6.98. The van der Waals surface area contributed by atoms with Crippen LogP contribution in [-0.2, 0) is 14.3 Å². The summed E-state index contributed by atoms with van der Waals surface area (Å²) < 4.78 is 5.53. The molecule has 148 valence electrons. The quantitative estimate of drug-likeness (QED) is 0.512. The molecule has 0 aliphatic heterocycles. The van der Waals surface area contributed by atoms with Crippen LogP contribution in [0.5, 0.6) is 0 Å². The molecule has 5 heteroatoms. The van der Waals surface area contributed by atoms with Gasteiger partial charge in [0.25, 0.3) is 0 Å². The molecule has 0 aliphatic rings. The van der Waals surface area contributed by atoms with Crippen LogP contribution in [0, 0.1) is 5.92 Å². The first-order chi connectivity index (χ1) is 13.3. The van der Waals surface area contributed by atoms with Crippen molar-refractivity contribution in [1.29, 1.82) is 0 Å². The number of ketones is 1. The minimum Gasteiger partial charge on any atom is -0.481 e. The standard InChI is InChI=1S/C23H26O5/c1-4-20(13-15(2)22(25)26)28-23(27)16(3)18-11-8-12-19(14-18)21(24)17-9-6-5-7-10-17/h5-12,14-16,20H,4,13H2,1-3H3,(H,25,26)/t15-,16-,20-/m0/s1. The van der Waals surface area contributed by atoms with Gasteiger partial charge in [0.2, 0.25) is 0 Å². The maximum atomic E-state index is 12.6. The molecule has 2 aromatic carbocycles. The average Bonchev–Trinajstić information content (AvgIpc) is 2.72. The average molecular weight is 382 g/mol. The van der Waals surface area contributed by atoms with Crippen LogP contribution >= 0.6 is 0 Å². The summed E-state index contributed by atoms with van der Waals surface area (Å²) in [5.74, 6) is -2.58. The Morgan fingerprint density at radius 2 is 1.61 bits per heavy atom. The molecule has 0 amide bonds. The van der Waals surface area contributed by atoms with E-state index in [0.717, 1.165) is 0 Å². The van der Waals surface area contributed by atoms with Crippen molar-refractivity contribution in [2.75, 3.05) is 0 Å². The number of carboxylic acids is 1. The van der Waals surface area contributed by atoms with E-state index < -0.39 is 29.9 Å². The molecule has 0 unspecified atom stereocenters. The highest BCUT2D eigenvalue weighted by Crippen LogP contribution is 2.22. The van der Waals surface area contributed by atoms with E-state index in [2.05, 4.69) is 0 Å². The van der Waals surface area contributed by atoms with Crippen molar-refractivity contribution in [3.8, 4) is 0 Å². The van der Waals surface area contributed by atoms with Gasteiger partial charge in [0, 0.05) is 11.1 Å². The van der Waals surface area contributed by atoms with Gasteiger partial charge >= 0.3 is 11.9 Å². The summed E-state index contributed by atoms with van der Waals surface area (Å²) in [4.78, 5) is 36.2. The van der Waals surface area contributed by atoms with Crippen molar-refractivity contribution in [1.82, 2.24) is 0 Å². The normalized spacial score (nSPS) is 14.0. The molecular formula is C23H26O5. The molecule has 0 saturated heterocycles. The van der Waals surface area contributed by atoms with Gasteiger partial charge in [0.1, 0.15) is 6.10 Å². The van der Waals surface area contributed by atoms with Gasteiger partial charge < -0.3 is 9.84 Å². The van der Waals surface area contributed by atoms with Gasteiger partial charge in [-0.1, -0.05) is 62.4 Å². The van der Waals surface area contributed by atoms with E-state index in [4.69, 9.17) is 9.84 Å². The van der Waals surface area contributed by atoms with Gasteiger partial charge in [-0.25, -0.2) is 0 Å². The van der Waals surface area contributed by atoms with E-state index >= 15 is 0 Å². The van der Waals surface area contributed by atoms with E-state index in [9.17, 15) is 14.4 Å². The Morgan fingerprint density at radius 1 is 0.964 bits per heavy atom. The van der Waals surface area contributed by atoms with Crippen molar-refractivity contribution >= 4 is 17.7 Å². The topological polar surface area (TPSA) is 80.7 Å². The number of esters is 1. The largest absolute Gasteiger partial charge is 0.481 e. The van der Waals surface area contributed by atoms with E-state index in [0.29, 0.717) is 23.1 Å². The summed E-state index contributed by atoms with van der Waals surface area (Å²) in [7, 11) is 0. The Hall–Kier alpha value is -2.95. The molecule has 0 bridgehead atoms. The number of carbonyl (C=O) groups excluding carboxylic acids is 2. The van der Waals surface area contributed by atoms with E-state index in [-0.39, 0.29) is 12.2 Å². The fraction of sp³-hybridized carbons (Fsp3) is 0.348. The molecule has 2 aromatic rings. The Balaban J connectivity index is 2.11. The fourth-order valence-electron chi connectivity index (χ4n) is 2.90. The Bertz CT molecular complexity index is 828. The molecule has 0 aliphatic carbocycles. The molecule has 0 spiro atoms. The lowest BCUT2D eigenvalue weighted by molar-refractivity contribution is -0.154. The second kappa shape index (κ2) is 9.83. The van der Waals surface area contributed by atoms with E-state index in [1.165, 1.54) is 0 Å². The number of rotatable bonds is 9. The molecule has 5 nitrogen and oxygen atoms in total. The van der Waals surface area contributed by atoms with Gasteiger partial charge in [-0.3, -0.25) is 14.4 Å². The van der Waals surface area contributed by atoms with Crippen LogP contribution in [0.15, 0.2) is 54.6 Å². The molecular weight excluding hydrogens is 356 g/mol. The fourth-order valence-corrected chi connectivity index (χ4v) is 2.90. The van der Waals surface area contributed by atoms with E-state index in [1.54, 1.807) is 62.4 Å². The second-order valence-electron chi connectivity index (χ2n) is 6.98. The molecule has 0 saturated carbocycles. The first-order valence-electron chi connectivity index (χ1n) is 9.46. The first kappa shape index (κ1) is 21.4. The number of carbonyl (C=O) groups is 3. The number of carboxylic acid groups (broad SMARTS) is 1. The summed E-state index contributed by atoms with van der Waals surface area (Å²) in [6.07, 6.45) is 0.370. The summed E-state index contributed by atoms with van der Waals surface area (Å²) in [6.45, 7) is 5.18. The third-order valence-corrected chi connectivity index (χ3v) is 4.81. The molecule has 28 heavy (non-hydrogen) atoms. The van der Waals surface area contributed by atoms with E-state index in [1.807, 2.05) is 13.0 Å². The zero-order valence-corrected chi connectivity index (χ0v) is 16.4. The lowest BCUT2D eigenvalue weighted by Crippen LogP contribution is -2.25. The van der Waals surface area contributed by atoms with Crippen molar-refractivity contribution < 1.29 is 24.2 Å². The summed E-state index contributed by atoms with van der Waals surface area (Å²) in [5.41, 5.74) is 1.78. The Labute approximate surface area is 165 Å². The molecule has 0 radical (unpaired) electrons. The minimum absolute atomic E-state index is 0.107. The summed E-state index contributed by atoms with van der Waals surface area (Å²) in [6, 6.07) is 15.9. The zero-order valence-electron chi connectivity index (χ0n) is 16.4. The third-order valence-electron chi connectivity index (χ3n) is 4.81. The van der Waals surface area contributed by atoms with Gasteiger partial charge in [-0.15, -0.1) is 0 Å². The van der Waals surface area contributed by atoms with Gasteiger partial charge in [0.15, 0.2) is 5.78 Å². The number of hydrogen-bond donors (Lipinski definition) is 1. The smallest absolute Gasteiger partial charge is 0.313 e. The SMILES string of the molecule is CC[C@@H](C[C@H](C)C(=O)O)OC(=O)[C@@H](C)c1cccc(C(=O)c2ccccc2)c1. The minimum atomic E-state index is -0.908. The summed E-state index contributed by atoms with van der Waals surface area (Å²) in [5, 5.41) is 9.05. The number of ether oxygens (including phenoxy) is 1. The van der Waals surface area contributed by atoms with Gasteiger partial charge in [0.05, 0.1) is 11.8 Å². The monoisotopic (exact) mass is 382 g/mol. The molecule has 0 heterocycles. The number of aliphatic carboxylic acids is 1. The van der Waals surface area contributed by atoms with Crippen LogP contribution in [0.3, 0.4) is 0 Å². The van der Waals surface area contributed by atoms with Crippen molar-refractivity contribution in [3.05, 3.63) is 71.3 Å². The van der Waals surface area contributed by atoms with Crippen molar-refractivity contribution in [2.45, 2.75) is 45.6 Å². The van der Waals surface area contributed by atoms with Crippen LogP contribution in [0.1, 0.15) is 61.0 Å². The van der Waals surface area contributed by atoms with Gasteiger partial charge in [-0.05, 0) is 31.4 Å². The molecule has 0 fully saturated rings. The van der Waals surface area contributed by atoms with Crippen molar-refractivity contribution in [3.63, 3.8) is 0 Å². The zero-order chi connectivity index (χ0) is 20.7. The van der Waals surface area contributed by atoms with Crippen LogP contribution in [0.2, 0.25) is 0 Å². The predicted octanol–water partition coefficient (Wildman–Crippen LogP) is 4.45. The maximum Gasteiger partial charge on any atom is 0.313 e. The molecule has 0 aromatic heterocycles. The lowest BCUT2D eigenvalue weighted by atomic mass is 9.95. The lowest BCUT2D eigenvalue weighted by Gasteiger charge is -2.21. The molecule has 2 rings (SSSR count). The highest BCUT2D eigenvalue weighted by atomic mass is 16.5. The van der Waals surface area contributed by atoms with Crippen LogP contribution in [0.4, 0.5) is 0 Å². The number of benzene rings is 2. The molecule has 3 atom stereocenters. The highest BCUT2D eigenvalue weighted by Gasteiger charge is 2.24. The Morgan fingerprint density at radius 3 is 2.21 bits per heavy atom. The van der Waals surface area contributed by atoms with Crippen LogP contribution in [-0.4, -0.2) is 28.9 Å².